The standard InChI is InChI=1S/C29H41N5O6S/c1-5-9-22-20-33(7-3)27-26(22)30-28(31-29(27)35)24-19-23(11-12-25(24)39-17-6-2)41(37,38)34-15-13-21(14-16-34)10-8-18-40-32(4)36/h11-12,19-21H,5-10,13-18H2,1-4H3/p+1. The van der Waals surface area contributed by atoms with Gasteiger partial charge in [0.1, 0.15) is 17.1 Å². The number of piperidine rings is 1. The van der Waals surface area contributed by atoms with Crippen molar-refractivity contribution in [2.75, 3.05) is 33.4 Å². The van der Waals surface area contributed by atoms with E-state index in [1.165, 1.54) is 11.4 Å². The molecule has 3 heterocycles. The van der Waals surface area contributed by atoms with Gasteiger partial charge in [0.25, 0.3) is 5.56 Å². The molecule has 1 aromatic carbocycles. The van der Waals surface area contributed by atoms with Crippen molar-refractivity contribution in [3.05, 3.63) is 45.2 Å². The maximum atomic E-state index is 13.7. The monoisotopic (exact) mass is 588 g/mol. The van der Waals surface area contributed by atoms with E-state index in [1.54, 1.807) is 18.2 Å². The Bertz CT molecular complexity index is 1520. The zero-order valence-corrected chi connectivity index (χ0v) is 25.3. The van der Waals surface area contributed by atoms with Crippen LogP contribution in [-0.2, 0) is 27.8 Å². The topological polar surface area (TPSA) is 127 Å². The number of aryl methyl sites for hydroxylation is 2. The van der Waals surface area contributed by atoms with Crippen LogP contribution in [0.15, 0.2) is 34.1 Å². The fourth-order valence-corrected chi connectivity index (χ4v) is 6.94. The Morgan fingerprint density at radius 2 is 1.88 bits per heavy atom. The molecule has 41 heavy (non-hydrogen) atoms. The first kappa shape index (κ1) is 30.7. The van der Waals surface area contributed by atoms with Crippen LogP contribution < -0.4 is 10.3 Å². The van der Waals surface area contributed by atoms with E-state index in [9.17, 15) is 18.1 Å². The van der Waals surface area contributed by atoms with Crippen molar-refractivity contribution in [2.24, 2.45) is 5.92 Å². The lowest BCUT2D eigenvalue weighted by atomic mass is 9.93. The zero-order chi connectivity index (χ0) is 29.6. The van der Waals surface area contributed by atoms with E-state index in [0.717, 1.165) is 50.5 Å². The molecule has 0 bridgehead atoms. The quantitative estimate of drug-likeness (QED) is 0.214. The summed E-state index contributed by atoms with van der Waals surface area (Å²) in [7, 11) is -2.46. The van der Waals surface area contributed by atoms with Crippen molar-refractivity contribution >= 4 is 21.1 Å². The summed E-state index contributed by atoms with van der Waals surface area (Å²) in [6.07, 6.45) is 7.58. The molecule has 12 heteroatoms. The highest BCUT2D eigenvalue weighted by Gasteiger charge is 2.30. The van der Waals surface area contributed by atoms with Crippen LogP contribution in [0.3, 0.4) is 0 Å². The second kappa shape index (κ2) is 13.6. The van der Waals surface area contributed by atoms with Crippen molar-refractivity contribution in [2.45, 2.75) is 77.2 Å². The van der Waals surface area contributed by atoms with Gasteiger partial charge in [-0.05, 0) is 75.1 Å². The van der Waals surface area contributed by atoms with Crippen LogP contribution in [0.2, 0.25) is 0 Å². The number of aromatic nitrogens is 3. The largest absolute Gasteiger partial charge is 0.493 e. The lowest BCUT2D eigenvalue weighted by Gasteiger charge is -2.31. The van der Waals surface area contributed by atoms with Gasteiger partial charge >= 0.3 is 0 Å². The van der Waals surface area contributed by atoms with Gasteiger partial charge in [-0.15, -0.1) is 0 Å². The molecule has 1 N–H and O–H groups in total. The van der Waals surface area contributed by atoms with Gasteiger partial charge < -0.3 is 14.3 Å². The predicted octanol–water partition coefficient (Wildman–Crippen LogP) is 4.67. The van der Waals surface area contributed by atoms with Crippen molar-refractivity contribution in [3.8, 4) is 17.1 Å². The summed E-state index contributed by atoms with van der Waals surface area (Å²) in [5.74, 6) is 1.16. The Hall–Kier alpha value is -3.25. The summed E-state index contributed by atoms with van der Waals surface area (Å²) in [6.45, 7) is 8.35. The third-order valence-electron chi connectivity index (χ3n) is 7.57. The highest BCUT2D eigenvalue weighted by atomic mass is 32.2. The molecular formula is C29H42N5O6S+. The molecule has 1 fully saturated rings. The molecule has 0 radical (unpaired) electrons. The number of sulfonamides is 1. The second-order valence-corrected chi connectivity index (χ2v) is 12.5. The molecule has 2 aromatic heterocycles. The number of benzene rings is 1. The molecule has 0 atom stereocenters. The number of hydrogen-bond donors (Lipinski definition) is 1. The lowest BCUT2D eigenvalue weighted by molar-refractivity contribution is -0.784. The summed E-state index contributed by atoms with van der Waals surface area (Å²) in [4.78, 5) is 37.5. The molecule has 1 aliphatic rings. The molecule has 3 aromatic rings. The summed E-state index contributed by atoms with van der Waals surface area (Å²) in [5.41, 5.74) is 2.33. The third kappa shape index (κ3) is 6.98. The van der Waals surface area contributed by atoms with Crippen molar-refractivity contribution in [3.63, 3.8) is 0 Å². The third-order valence-corrected chi connectivity index (χ3v) is 9.46. The van der Waals surface area contributed by atoms with E-state index in [0.29, 0.717) is 71.9 Å². The SMILES string of the molecule is CCCOc1ccc(S(=O)(=O)N2CCC(CCCO[N+](C)=O)CC2)cc1-c1nc2c(CCC)cn(CC)c2c(=O)[nH]1. The molecule has 0 amide bonds. The van der Waals surface area contributed by atoms with E-state index in [1.807, 2.05) is 24.6 Å². The number of nitrogens with zero attached hydrogens (tertiary/aromatic N) is 4. The van der Waals surface area contributed by atoms with E-state index in [-0.39, 0.29) is 10.5 Å². The number of ether oxygens (including phenoxy) is 1. The van der Waals surface area contributed by atoms with Crippen molar-refractivity contribution < 1.29 is 22.9 Å². The number of nitrogens with one attached hydrogen (secondary N) is 1. The minimum Gasteiger partial charge on any atom is -0.493 e. The van der Waals surface area contributed by atoms with Crippen LogP contribution in [0.1, 0.15) is 64.9 Å². The van der Waals surface area contributed by atoms with Gasteiger partial charge in [0, 0.05) is 25.8 Å². The number of rotatable bonds is 14. The van der Waals surface area contributed by atoms with Crippen LogP contribution in [0.5, 0.6) is 5.75 Å². The van der Waals surface area contributed by atoms with E-state index < -0.39 is 10.0 Å². The smallest absolute Gasteiger partial charge is 0.275 e. The van der Waals surface area contributed by atoms with Gasteiger partial charge in [-0.1, -0.05) is 20.3 Å². The maximum absolute atomic E-state index is 13.7. The zero-order valence-electron chi connectivity index (χ0n) is 24.5. The fraction of sp³-hybridized carbons (Fsp3) is 0.586. The summed E-state index contributed by atoms with van der Waals surface area (Å²) in [5, 5.41) is 0. The Kier molecular flexibility index (Phi) is 10.2. The number of fused-ring (bicyclic) bond motifs is 1. The molecule has 0 aliphatic carbocycles. The molecule has 0 spiro atoms. The average molecular weight is 589 g/mol. The average Bonchev–Trinajstić information content (AvgIpc) is 3.32. The molecule has 224 valence electrons. The van der Waals surface area contributed by atoms with Gasteiger partial charge in [-0.2, -0.15) is 4.31 Å². The number of hydrogen-bond acceptors (Lipinski definition) is 7. The van der Waals surface area contributed by atoms with E-state index in [2.05, 4.69) is 11.9 Å². The summed E-state index contributed by atoms with van der Waals surface area (Å²) < 4.78 is 36.9. The first-order valence-electron chi connectivity index (χ1n) is 14.6. The first-order valence-corrected chi connectivity index (χ1v) is 16.1. The highest BCUT2D eigenvalue weighted by Crippen LogP contribution is 2.34. The number of aromatic amines is 1. The normalized spacial score (nSPS) is 14.9. The van der Waals surface area contributed by atoms with Crippen LogP contribution >= 0.6 is 0 Å². The van der Waals surface area contributed by atoms with Gasteiger partial charge in [0.15, 0.2) is 6.61 Å². The molecule has 11 nitrogen and oxygen atoms in total. The number of H-pyrrole nitrogens is 1. The summed E-state index contributed by atoms with van der Waals surface area (Å²) >= 11 is 0. The fourth-order valence-electron chi connectivity index (χ4n) is 5.45. The van der Waals surface area contributed by atoms with Crippen molar-refractivity contribution in [1.29, 1.82) is 0 Å². The Balaban J connectivity index is 1.64. The van der Waals surface area contributed by atoms with Crippen LogP contribution in [-0.4, -0.2) is 65.5 Å². The van der Waals surface area contributed by atoms with Crippen LogP contribution in [0.25, 0.3) is 22.4 Å². The molecule has 1 aliphatic heterocycles. The highest BCUT2D eigenvalue weighted by molar-refractivity contribution is 7.89. The molecule has 0 unspecified atom stereocenters. The van der Waals surface area contributed by atoms with Gasteiger partial charge in [0.05, 0.1) is 27.5 Å². The van der Waals surface area contributed by atoms with E-state index >= 15 is 0 Å². The minimum absolute atomic E-state index is 0.143. The van der Waals surface area contributed by atoms with Gasteiger partial charge in [0.2, 0.25) is 22.0 Å². The summed E-state index contributed by atoms with van der Waals surface area (Å²) in [6, 6.07) is 4.80. The molecular weight excluding hydrogens is 546 g/mol. The molecule has 4 rings (SSSR count). The second-order valence-electron chi connectivity index (χ2n) is 10.6. The minimum atomic E-state index is -3.78. The first-order chi connectivity index (χ1) is 19.7. The Morgan fingerprint density at radius 1 is 1.12 bits per heavy atom. The van der Waals surface area contributed by atoms with E-state index in [4.69, 9.17) is 14.6 Å². The van der Waals surface area contributed by atoms with Gasteiger partial charge in [-0.3, -0.25) is 4.79 Å². The van der Waals surface area contributed by atoms with Crippen LogP contribution in [0.4, 0.5) is 0 Å². The van der Waals surface area contributed by atoms with Crippen molar-refractivity contribution in [1.82, 2.24) is 18.8 Å². The lowest BCUT2D eigenvalue weighted by Crippen LogP contribution is -2.38. The Labute approximate surface area is 241 Å². The van der Waals surface area contributed by atoms with Gasteiger partial charge in [-0.25, -0.2) is 18.2 Å². The Morgan fingerprint density at radius 3 is 2.54 bits per heavy atom. The maximum Gasteiger partial charge on any atom is 0.275 e. The predicted molar refractivity (Wildman–Crippen MR) is 157 cm³/mol. The molecule has 0 saturated carbocycles. The molecule has 1 saturated heterocycles. The van der Waals surface area contributed by atoms with Crippen LogP contribution in [0, 0.1) is 10.8 Å².